The molecule has 22 heavy (non-hydrogen) atoms. The first-order valence-electron chi connectivity index (χ1n) is 6.59. The van der Waals surface area contributed by atoms with Crippen LogP contribution in [0.15, 0.2) is 54.0 Å². The van der Waals surface area contributed by atoms with Gasteiger partial charge >= 0.3 is 0 Å². The summed E-state index contributed by atoms with van der Waals surface area (Å²) in [6.07, 6.45) is 1.62. The second-order valence-corrected chi connectivity index (χ2v) is 5.27. The summed E-state index contributed by atoms with van der Waals surface area (Å²) in [5, 5.41) is 5.18. The zero-order valence-electron chi connectivity index (χ0n) is 11.8. The number of rotatable bonds is 4. The van der Waals surface area contributed by atoms with Crippen LogP contribution in [-0.2, 0) is 0 Å². The quantitative estimate of drug-likeness (QED) is 0.801. The molecule has 1 aromatic carbocycles. The van der Waals surface area contributed by atoms with Crippen molar-refractivity contribution in [2.75, 3.05) is 12.4 Å². The number of hydrogen-bond acceptors (Lipinski definition) is 5. The number of anilines is 1. The van der Waals surface area contributed by atoms with Crippen LogP contribution in [0.4, 0.5) is 5.82 Å². The Balaban J connectivity index is 1.83. The van der Waals surface area contributed by atoms with Gasteiger partial charge in [0, 0.05) is 11.6 Å². The highest BCUT2D eigenvalue weighted by Gasteiger charge is 2.14. The minimum Gasteiger partial charge on any atom is -0.496 e. The molecule has 0 bridgehead atoms. The Morgan fingerprint density at radius 1 is 1.18 bits per heavy atom. The van der Waals surface area contributed by atoms with Crippen LogP contribution in [0.2, 0.25) is 0 Å². The van der Waals surface area contributed by atoms with Gasteiger partial charge in [0.15, 0.2) is 0 Å². The Morgan fingerprint density at radius 3 is 2.77 bits per heavy atom. The third-order valence-electron chi connectivity index (χ3n) is 2.98. The minimum atomic E-state index is -0.281. The lowest BCUT2D eigenvalue weighted by Gasteiger charge is -2.04. The van der Waals surface area contributed by atoms with Gasteiger partial charge in [-0.1, -0.05) is 18.2 Å². The molecule has 0 unspecified atom stereocenters. The van der Waals surface area contributed by atoms with Crippen molar-refractivity contribution in [2.24, 2.45) is 0 Å². The predicted molar refractivity (Wildman–Crippen MR) is 86.3 cm³/mol. The van der Waals surface area contributed by atoms with Gasteiger partial charge in [0.2, 0.25) is 0 Å². The monoisotopic (exact) mass is 311 g/mol. The highest BCUT2D eigenvalue weighted by molar-refractivity contribution is 7.13. The Hall–Kier alpha value is -2.73. The second kappa shape index (κ2) is 6.36. The molecule has 6 heteroatoms. The molecule has 0 radical (unpaired) electrons. The molecule has 1 N–H and O–H groups in total. The molecule has 0 saturated heterocycles. The molecular weight excluding hydrogens is 298 g/mol. The molecule has 0 spiro atoms. The summed E-state index contributed by atoms with van der Waals surface area (Å²) in [6, 6.07) is 12.9. The molecule has 0 aliphatic heterocycles. The second-order valence-electron chi connectivity index (χ2n) is 4.41. The van der Waals surface area contributed by atoms with Crippen LogP contribution < -0.4 is 10.1 Å². The van der Waals surface area contributed by atoms with Crippen molar-refractivity contribution in [1.82, 2.24) is 9.97 Å². The molecule has 0 aliphatic rings. The topological polar surface area (TPSA) is 64.1 Å². The largest absolute Gasteiger partial charge is 0.496 e. The van der Waals surface area contributed by atoms with Crippen LogP contribution >= 0.6 is 11.3 Å². The zero-order chi connectivity index (χ0) is 15.4. The summed E-state index contributed by atoms with van der Waals surface area (Å²) in [5.41, 5.74) is 1.23. The van der Waals surface area contributed by atoms with Crippen LogP contribution in [0.1, 0.15) is 10.5 Å². The zero-order valence-corrected chi connectivity index (χ0v) is 12.6. The van der Waals surface area contributed by atoms with E-state index in [1.807, 2.05) is 30.3 Å². The number of nitrogens with one attached hydrogen (secondary N) is 1. The molecule has 2 heterocycles. The molecule has 0 saturated carbocycles. The number of amides is 1. The summed E-state index contributed by atoms with van der Waals surface area (Å²) in [7, 11) is 1.61. The summed E-state index contributed by atoms with van der Waals surface area (Å²) in [5.74, 6) is 0.948. The van der Waals surface area contributed by atoms with Crippen molar-refractivity contribution < 1.29 is 9.53 Å². The lowest BCUT2D eigenvalue weighted by molar-refractivity contribution is 0.102. The van der Waals surface area contributed by atoms with Crippen LogP contribution in [0.25, 0.3) is 10.6 Å². The van der Waals surface area contributed by atoms with Gasteiger partial charge in [-0.15, -0.1) is 11.3 Å². The van der Waals surface area contributed by atoms with E-state index in [4.69, 9.17) is 4.74 Å². The lowest BCUT2D eigenvalue weighted by Crippen LogP contribution is -2.13. The third kappa shape index (κ3) is 2.96. The Labute approximate surface area is 131 Å². The fourth-order valence-corrected chi connectivity index (χ4v) is 2.77. The van der Waals surface area contributed by atoms with Crippen molar-refractivity contribution in [3.05, 3.63) is 59.7 Å². The molecule has 5 nitrogen and oxygen atoms in total. The van der Waals surface area contributed by atoms with E-state index in [0.29, 0.717) is 11.5 Å². The van der Waals surface area contributed by atoms with Gasteiger partial charge in [-0.25, -0.2) is 9.97 Å². The van der Waals surface area contributed by atoms with Crippen LogP contribution in [-0.4, -0.2) is 23.0 Å². The van der Waals surface area contributed by atoms with Crippen LogP contribution in [0, 0.1) is 0 Å². The van der Waals surface area contributed by atoms with E-state index < -0.39 is 0 Å². The van der Waals surface area contributed by atoms with Crippen molar-refractivity contribution in [2.45, 2.75) is 0 Å². The number of methoxy groups -OCH3 is 1. The van der Waals surface area contributed by atoms with E-state index in [9.17, 15) is 4.79 Å². The fraction of sp³-hybridized carbons (Fsp3) is 0.0625. The van der Waals surface area contributed by atoms with Gasteiger partial charge in [-0.3, -0.25) is 4.79 Å². The number of pyridine rings is 1. The van der Waals surface area contributed by atoms with E-state index in [2.05, 4.69) is 15.3 Å². The number of thiazole rings is 1. The number of carbonyl (C=O) groups excluding carboxylic acids is 1. The summed E-state index contributed by atoms with van der Waals surface area (Å²) in [4.78, 5) is 20.6. The van der Waals surface area contributed by atoms with Crippen molar-refractivity contribution in [3.63, 3.8) is 0 Å². The average molecular weight is 311 g/mol. The number of para-hydroxylation sites is 1. The summed E-state index contributed by atoms with van der Waals surface area (Å²) in [6.45, 7) is 0. The normalized spacial score (nSPS) is 10.2. The molecule has 3 aromatic rings. The number of nitrogens with zero attached hydrogens (tertiary/aromatic N) is 2. The first-order chi connectivity index (χ1) is 10.8. The van der Waals surface area contributed by atoms with E-state index in [1.165, 1.54) is 11.3 Å². The Kier molecular flexibility index (Phi) is 4.11. The minimum absolute atomic E-state index is 0.281. The van der Waals surface area contributed by atoms with Crippen LogP contribution in [0.5, 0.6) is 5.75 Å². The first kappa shape index (κ1) is 14.2. The van der Waals surface area contributed by atoms with E-state index in [-0.39, 0.29) is 5.91 Å². The number of benzene rings is 1. The molecule has 110 valence electrons. The Bertz CT molecular complexity index is 787. The van der Waals surface area contributed by atoms with Gasteiger partial charge in [0.1, 0.15) is 22.3 Å². The maximum atomic E-state index is 12.2. The Morgan fingerprint density at radius 2 is 2.00 bits per heavy atom. The average Bonchev–Trinajstić information content (AvgIpc) is 3.05. The van der Waals surface area contributed by atoms with Gasteiger partial charge in [0.25, 0.3) is 5.91 Å². The molecule has 2 aromatic heterocycles. The van der Waals surface area contributed by atoms with Crippen molar-refractivity contribution >= 4 is 23.1 Å². The van der Waals surface area contributed by atoms with E-state index in [0.717, 1.165) is 16.3 Å². The molecule has 0 aliphatic carbocycles. The third-order valence-corrected chi connectivity index (χ3v) is 3.86. The van der Waals surface area contributed by atoms with Gasteiger partial charge in [-0.2, -0.15) is 0 Å². The maximum Gasteiger partial charge on any atom is 0.276 e. The smallest absolute Gasteiger partial charge is 0.276 e. The molecular formula is C16H13N3O2S. The number of ether oxygens (including phenoxy) is 1. The number of hydrogen-bond donors (Lipinski definition) is 1. The van der Waals surface area contributed by atoms with E-state index in [1.54, 1.807) is 30.8 Å². The molecule has 0 fully saturated rings. The lowest BCUT2D eigenvalue weighted by atomic mass is 10.2. The van der Waals surface area contributed by atoms with Gasteiger partial charge < -0.3 is 10.1 Å². The van der Waals surface area contributed by atoms with Crippen molar-refractivity contribution in [1.29, 1.82) is 0 Å². The maximum absolute atomic E-state index is 12.2. The standard InChI is InChI=1S/C16H13N3O2S/c1-21-13-7-3-2-6-11(13)16-18-12(10-22-16)15(20)19-14-8-4-5-9-17-14/h2-10H,1H3,(H,17,19,20). The van der Waals surface area contributed by atoms with Crippen LogP contribution in [0.3, 0.4) is 0 Å². The van der Waals surface area contributed by atoms with Crippen molar-refractivity contribution in [3.8, 4) is 16.3 Å². The van der Waals surface area contributed by atoms with E-state index >= 15 is 0 Å². The summed E-state index contributed by atoms with van der Waals surface area (Å²) < 4.78 is 5.32. The number of aromatic nitrogens is 2. The first-order valence-corrected chi connectivity index (χ1v) is 7.47. The fourth-order valence-electron chi connectivity index (χ4n) is 1.94. The molecule has 0 atom stereocenters. The molecule has 1 amide bonds. The highest BCUT2D eigenvalue weighted by Crippen LogP contribution is 2.31. The predicted octanol–water partition coefficient (Wildman–Crippen LogP) is 3.47. The SMILES string of the molecule is COc1ccccc1-c1nc(C(=O)Nc2ccccn2)cs1. The van der Waals surface area contributed by atoms with Gasteiger partial charge in [-0.05, 0) is 24.3 Å². The molecule has 3 rings (SSSR count). The highest BCUT2D eigenvalue weighted by atomic mass is 32.1. The summed E-state index contributed by atoms with van der Waals surface area (Å²) >= 11 is 1.40. The van der Waals surface area contributed by atoms with Gasteiger partial charge in [0.05, 0.1) is 12.7 Å². The number of carbonyl (C=O) groups is 1.